The molecule has 0 bridgehead atoms. The van der Waals surface area contributed by atoms with Crippen LogP contribution in [0.2, 0.25) is 5.15 Å². The van der Waals surface area contributed by atoms with E-state index in [1.807, 2.05) is 121 Å². The Labute approximate surface area is 333 Å². The van der Waals surface area contributed by atoms with Crippen LogP contribution in [-0.4, -0.2) is 37.1 Å². The van der Waals surface area contributed by atoms with Crippen LogP contribution in [0.3, 0.4) is 0 Å². The number of benzene rings is 6. The summed E-state index contributed by atoms with van der Waals surface area (Å²) in [6.45, 7) is 0. The standard InChI is InChI=1S/C22H13F3N2.C16H11ClN2.C6H4BF3O2/c23-17-11-16(12-18(24)21(17)25)20-13-19(14-7-3-1-4-8-14)26-22(27-20)15-9-5-2-6-10-15;17-15-11-14(12-7-3-1-4-8-12)18-16(19-15)13-9-5-2-6-10-13;8-4-1-3(7(11)12)2-5(9)6(4)10/h1-13H;1-11H;1-2,11-12H. The maximum absolute atomic E-state index is 13.7. The molecule has 8 aromatic rings. The van der Waals surface area contributed by atoms with Crippen molar-refractivity contribution in [2.45, 2.75) is 0 Å². The summed E-state index contributed by atoms with van der Waals surface area (Å²) in [5.41, 5.74) is 5.05. The van der Waals surface area contributed by atoms with Crippen molar-refractivity contribution in [2.75, 3.05) is 0 Å². The highest BCUT2D eigenvalue weighted by atomic mass is 35.5. The molecular weight excluding hydrogens is 777 g/mol. The van der Waals surface area contributed by atoms with Crippen LogP contribution >= 0.6 is 11.6 Å². The minimum absolute atomic E-state index is 0.142. The second-order valence-electron chi connectivity index (χ2n) is 12.3. The summed E-state index contributed by atoms with van der Waals surface area (Å²) in [5.74, 6) is -7.48. The molecule has 2 heterocycles. The fourth-order valence-electron chi connectivity index (χ4n) is 5.39. The molecule has 0 spiro atoms. The van der Waals surface area contributed by atoms with E-state index in [9.17, 15) is 26.3 Å². The molecule has 0 amide bonds. The van der Waals surface area contributed by atoms with E-state index in [1.165, 1.54) is 0 Å². The van der Waals surface area contributed by atoms with Crippen molar-refractivity contribution in [1.82, 2.24) is 19.9 Å². The lowest BCUT2D eigenvalue weighted by molar-refractivity contribution is 0.421. The molecule has 0 fully saturated rings. The fourth-order valence-corrected chi connectivity index (χ4v) is 5.57. The first-order chi connectivity index (χ1) is 28.0. The third-order valence-corrected chi connectivity index (χ3v) is 8.40. The summed E-state index contributed by atoms with van der Waals surface area (Å²) in [4.78, 5) is 17.9. The smallest absolute Gasteiger partial charge is 0.423 e. The zero-order valence-electron chi connectivity index (χ0n) is 29.9. The number of rotatable bonds is 6. The highest BCUT2D eigenvalue weighted by Gasteiger charge is 2.18. The third-order valence-electron chi connectivity index (χ3n) is 8.21. The van der Waals surface area contributed by atoms with Crippen LogP contribution in [0.4, 0.5) is 26.3 Å². The SMILES string of the molecule is Clc1cc(-c2ccccc2)nc(-c2ccccc2)n1.Fc1cc(-c2cc(-c3ccccc3)nc(-c3ccccc3)n2)cc(F)c1F.OB(O)c1cc(F)c(F)c(F)c1. The van der Waals surface area contributed by atoms with Crippen LogP contribution < -0.4 is 5.46 Å². The van der Waals surface area contributed by atoms with Crippen LogP contribution in [0, 0.1) is 34.9 Å². The van der Waals surface area contributed by atoms with E-state index in [1.54, 1.807) is 12.1 Å². The molecule has 0 aliphatic heterocycles. The second kappa shape index (κ2) is 19.0. The summed E-state index contributed by atoms with van der Waals surface area (Å²) < 4.78 is 77.7. The van der Waals surface area contributed by atoms with Gasteiger partial charge in [-0.3, -0.25) is 0 Å². The van der Waals surface area contributed by atoms with Gasteiger partial charge in [0.05, 0.1) is 17.1 Å². The molecule has 58 heavy (non-hydrogen) atoms. The molecule has 0 saturated carbocycles. The Bertz CT molecular complexity index is 2470. The molecule has 8 rings (SSSR count). The van der Waals surface area contributed by atoms with Crippen LogP contribution in [0.1, 0.15) is 0 Å². The number of hydrogen-bond acceptors (Lipinski definition) is 6. The van der Waals surface area contributed by atoms with Crippen LogP contribution in [0.15, 0.2) is 158 Å². The number of aromatic nitrogens is 4. The molecule has 0 aliphatic rings. The molecule has 0 unspecified atom stereocenters. The predicted octanol–water partition coefficient (Wildman–Crippen LogP) is 10.1. The lowest BCUT2D eigenvalue weighted by Crippen LogP contribution is -2.30. The molecule has 2 N–H and O–H groups in total. The van der Waals surface area contributed by atoms with Gasteiger partial charge in [0.1, 0.15) is 5.15 Å². The fraction of sp³-hybridized carbons (Fsp3) is 0. The number of halogens is 7. The largest absolute Gasteiger partial charge is 0.488 e. The van der Waals surface area contributed by atoms with Crippen molar-refractivity contribution in [3.05, 3.63) is 198 Å². The van der Waals surface area contributed by atoms with Crippen LogP contribution in [0.25, 0.3) is 56.5 Å². The highest BCUT2D eigenvalue weighted by Crippen LogP contribution is 2.29. The molecule has 0 saturated heterocycles. The maximum Gasteiger partial charge on any atom is 0.488 e. The van der Waals surface area contributed by atoms with E-state index in [4.69, 9.17) is 21.6 Å². The Morgan fingerprint density at radius 2 is 0.707 bits per heavy atom. The molecule has 288 valence electrons. The molecular formula is C44H28BClF6N4O2. The minimum Gasteiger partial charge on any atom is -0.423 e. The topological polar surface area (TPSA) is 92.0 Å². The summed E-state index contributed by atoms with van der Waals surface area (Å²) in [6.07, 6.45) is 0. The lowest BCUT2D eigenvalue weighted by Gasteiger charge is -2.10. The summed E-state index contributed by atoms with van der Waals surface area (Å²) in [7, 11) is -2.00. The van der Waals surface area contributed by atoms with E-state index < -0.39 is 47.5 Å². The van der Waals surface area contributed by atoms with Gasteiger partial charge in [-0.1, -0.05) is 133 Å². The maximum atomic E-state index is 13.7. The molecule has 6 aromatic carbocycles. The van der Waals surface area contributed by atoms with Crippen LogP contribution in [0.5, 0.6) is 0 Å². The van der Waals surface area contributed by atoms with Crippen molar-refractivity contribution in [2.24, 2.45) is 0 Å². The highest BCUT2D eigenvalue weighted by molar-refractivity contribution is 6.58. The summed E-state index contributed by atoms with van der Waals surface area (Å²) in [6, 6.07) is 44.8. The average molecular weight is 805 g/mol. The summed E-state index contributed by atoms with van der Waals surface area (Å²) in [5, 5.41) is 17.4. The van der Waals surface area contributed by atoms with Crippen molar-refractivity contribution in [1.29, 1.82) is 0 Å². The Morgan fingerprint density at radius 3 is 1.10 bits per heavy atom. The zero-order valence-corrected chi connectivity index (χ0v) is 30.7. The zero-order chi connectivity index (χ0) is 41.2. The third kappa shape index (κ3) is 10.4. The van der Waals surface area contributed by atoms with Crippen LogP contribution in [-0.2, 0) is 0 Å². The minimum atomic E-state index is -2.00. The van der Waals surface area contributed by atoms with Crippen molar-refractivity contribution in [3.8, 4) is 56.5 Å². The van der Waals surface area contributed by atoms with Crippen molar-refractivity contribution >= 4 is 24.2 Å². The normalized spacial score (nSPS) is 10.5. The molecule has 6 nitrogen and oxygen atoms in total. The van der Waals surface area contributed by atoms with Gasteiger partial charge in [0.25, 0.3) is 0 Å². The first-order valence-electron chi connectivity index (χ1n) is 17.3. The van der Waals surface area contributed by atoms with E-state index in [0.717, 1.165) is 40.1 Å². The van der Waals surface area contributed by atoms with Gasteiger partial charge in [0, 0.05) is 33.9 Å². The number of hydrogen-bond donors (Lipinski definition) is 2. The quantitative estimate of drug-likeness (QED) is 0.0753. The first kappa shape index (κ1) is 41.0. The predicted molar refractivity (Wildman–Crippen MR) is 212 cm³/mol. The van der Waals surface area contributed by atoms with E-state index in [0.29, 0.717) is 40.3 Å². The van der Waals surface area contributed by atoms with Crippen molar-refractivity contribution < 1.29 is 36.4 Å². The lowest BCUT2D eigenvalue weighted by atomic mass is 9.80. The van der Waals surface area contributed by atoms with Crippen molar-refractivity contribution in [3.63, 3.8) is 0 Å². The molecule has 14 heteroatoms. The van der Waals surface area contributed by atoms with Gasteiger partial charge in [0.15, 0.2) is 46.6 Å². The molecule has 0 radical (unpaired) electrons. The molecule has 0 atom stereocenters. The van der Waals surface area contributed by atoms with E-state index in [-0.39, 0.29) is 5.56 Å². The van der Waals surface area contributed by atoms with Gasteiger partial charge in [-0.25, -0.2) is 46.3 Å². The molecule has 0 aliphatic carbocycles. The Balaban J connectivity index is 0.000000159. The first-order valence-corrected chi connectivity index (χ1v) is 17.7. The summed E-state index contributed by atoms with van der Waals surface area (Å²) >= 11 is 6.10. The van der Waals surface area contributed by atoms with Gasteiger partial charge < -0.3 is 10.0 Å². The van der Waals surface area contributed by atoms with E-state index in [2.05, 4.69) is 19.9 Å². The van der Waals surface area contributed by atoms with Gasteiger partial charge in [-0.05, 0) is 35.8 Å². The second-order valence-corrected chi connectivity index (χ2v) is 12.6. The van der Waals surface area contributed by atoms with Gasteiger partial charge in [0.2, 0.25) is 0 Å². The monoisotopic (exact) mass is 804 g/mol. The Morgan fingerprint density at radius 1 is 0.379 bits per heavy atom. The Hall–Kier alpha value is -6.67. The van der Waals surface area contributed by atoms with Gasteiger partial charge in [-0.15, -0.1) is 0 Å². The van der Waals surface area contributed by atoms with Gasteiger partial charge >= 0.3 is 7.12 Å². The average Bonchev–Trinajstić information content (AvgIpc) is 3.25. The van der Waals surface area contributed by atoms with Gasteiger partial charge in [-0.2, -0.15) is 0 Å². The number of nitrogens with zero attached hydrogens (tertiary/aromatic N) is 4. The molecule has 2 aromatic heterocycles. The van der Waals surface area contributed by atoms with E-state index >= 15 is 0 Å². The Kier molecular flexibility index (Phi) is 13.4.